The van der Waals surface area contributed by atoms with Crippen LogP contribution < -0.4 is 10.1 Å². The number of ether oxygens (including phenoxy) is 1. The van der Waals surface area contributed by atoms with Gasteiger partial charge in [0, 0.05) is 22.6 Å². The van der Waals surface area contributed by atoms with E-state index in [-0.39, 0.29) is 6.04 Å². The number of hydrogen-bond donors (Lipinski definition) is 1. The van der Waals surface area contributed by atoms with Crippen LogP contribution in [-0.4, -0.2) is 6.61 Å². The van der Waals surface area contributed by atoms with Crippen LogP contribution in [-0.2, 0) is 6.54 Å². The third kappa shape index (κ3) is 4.09. The van der Waals surface area contributed by atoms with Crippen LogP contribution in [0.25, 0.3) is 0 Å². The minimum absolute atomic E-state index is 0.251. The number of halogens is 1. The van der Waals surface area contributed by atoms with Gasteiger partial charge >= 0.3 is 0 Å². The van der Waals surface area contributed by atoms with Crippen molar-refractivity contribution in [2.75, 3.05) is 6.61 Å². The number of hydrogen-bond acceptors (Lipinski definition) is 2. The number of para-hydroxylation sites is 1. The summed E-state index contributed by atoms with van der Waals surface area (Å²) >= 11 is 3.45. The summed E-state index contributed by atoms with van der Waals surface area (Å²) in [4.78, 5) is 0. The summed E-state index contributed by atoms with van der Waals surface area (Å²) in [5.74, 6) is 0.964. The Labute approximate surface area is 129 Å². The second kappa shape index (κ2) is 7.46. The molecule has 0 spiro atoms. The lowest BCUT2D eigenvalue weighted by Gasteiger charge is -2.18. The van der Waals surface area contributed by atoms with Gasteiger partial charge in [0.2, 0.25) is 0 Å². The fourth-order valence-electron chi connectivity index (χ4n) is 2.11. The van der Waals surface area contributed by atoms with Crippen molar-refractivity contribution in [2.45, 2.75) is 26.4 Å². The van der Waals surface area contributed by atoms with Gasteiger partial charge in [-0.25, -0.2) is 0 Å². The standard InChI is InChI=1S/C17H20BrNO/c1-3-20-17-7-5-4-6-16(17)13(2)19-12-14-8-10-15(18)11-9-14/h4-11,13,19H,3,12H2,1-2H3. The molecule has 0 heterocycles. The lowest BCUT2D eigenvalue weighted by molar-refractivity contribution is 0.332. The van der Waals surface area contributed by atoms with Crippen molar-refractivity contribution < 1.29 is 4.74 Å². The summed E-state index contributed by atoms with van der Waals surface area (Å²) in [5.41, 5.74) is 2.47. The summed E-state index contributed by atoms with van der Waals surface area (Å²) in [6, 6.07) is 16.8. The van der Waals surface area contributed by atoms with Gasteiger partial charge in [0.15, 0.2) is 0 Å². The number of benzene rings is 2. The topological polar surface area (TPSA) is 21.3 Å². The molecule has 0 saturated carbocycles. The summed E-state index contributed by atoms with van der Waals surface area (Å²) in [6.07, 6.45) is 0. The highest BCUT2D eigenvalue weighted by Crippen LogP contribution is 2.25. The molecule has 0 saturated heterocycles. The van der Waals surface area contributed by atoms with Gasteiger partial charge in [0.25, 0.3) is 0 Å². The molecule has 0 aliphatic heterocycles. The molecule has 1 atom stereocenters. The molecule has 0 amide bonds. The molecule has 0 aromatic heterocycles. The fraction of sp³-hybridized carbons (Fsp3) is 0.294. The van der Waals surface area contributed by atoms with Crippen LogP contribution in [0.1, 0.15) is 31.0 Å². The van der Waals surface area contributed by atoms with E-state index < -0.39 is 0 Å². The maximum atomic E-state index is 5.68. The molecular formula is C17H20BrNO. The Morgan fingerprint density at radius 2 is 1.80 bits per heavy atom. The summed E-state index contributed by atoms with van der Waals surface area (Å²) in [6.45, 7) is 5.71. The first-order chi connectivity index (χ1) is 9.70. The summed E-state index contributed by atoms with van der Waals surface area (Å²) < 4.78 is 6.79. The summed E-state index contributed by atoms with van der Waals surface area (Å²) in [7, 11) is 0. The van der Waals surface area contributed by atoms with Crippen molar-refractivity contribution >= 4 is 15.9 Å². The van der Waals surface area contributed by atoms with Crippen LogP contribution in [0.5, 0.6) is 5.75 Å². The molecule has 0 aliphatic carbocycles. The third-order valence-electron chi connectivity index (χ3n) is 3.21. The van der Waals surface area contributed by atoms with E-state index in [1.807, 2.05) is 19.1 Å². The molecule has 0 fully saturated rings. The monoisotopic (exact) mass is 333 g/mol. The highest BCUT2D eigenvalue weighted by Gasteiger charge is 2.10. The molecule has 0 aliphatic rings. The number of nitrogens with one attached hydrogen (secondary N) is 1. The highest BCUT2D eigenvalue weighted by atomic mass is 79.9. The average molecular weight is 334 g/mol. The molecule has 20 heavy (non-hydrogen) atoms. The number of rotatable bonds is 6. The Kier molecular flexibility index (Phi) is 5.62. The molecule has 0 bridgehead atoms. The molecule has 1 unspecified atom stereocenters. The molecule has 106 valence electrons. The Balaban J connectivity index is 2.01. The second-order valence-corrected chi connectivity index (χ2v) is 5.62. The van der Waals surface area contributed by atoms with E-state index in [1.165, 1.54) is 11.1 Å². The maximum absolute atomic E-state index is 5.68. The quantitative estimate of drug-likeness (QED) is 0.827. The van der Waals surface area contributed by atoms with Gasteiger partial charge in [-0.1, -0.05) is 46.3 Å². The largest absolute Gasteiger partial charge is 0.494 e. The molecule has 2 aromatic carbocycles. The van der Waals surface area contributed by atoms with Gasteiger partial charge < -0.3 is 10.1 Å². The normalized spacial score (nSPS) is 12.2. The van der Waals surface area contributed by atoms with Crippen LogP contribution in [0.2, 0.25) is 0 Å². The molecule has 0 radical (unpaired) electrons. The Hall–Kier alpha value is -1.32. The van der Waals surface area contributed by atoms with Gasteiger partial charge in [-0.3, -0.25) is 0 Å². The molecular weight excluding hydrogens is 314 g/mol. The predicted octanol–water partition coefficient (Wildman–Crippen LogP) is 4.70. The molecule has 3 heteroatoms. The molecule has 2 rings (SSSR count). The molecule has 1 N–H and O–H groups in total. The smallest absolute Gasteiger partial charge is 0.124 e. The zero-order valence-electron chi connectivity index (χ0n) is 11.9. The Bertz CT molecular complexity index is 539. The minimum atomic E-state index is 0.251. The third-order valence-corrected chi connectivity index (χ3v) is 3.74. The van der Waals surface area contributed by atoms with E-state index in [4.69, 9.17) is 4.74 Å². The van der Waals surface area contributed by atoms with Crippen LogP contribution in [0.4, 0.5) is 0 Å². The lowest BCUT2D eigenvalue weighted by atomic mass is 10.1. The van der Waals surface area contributed by atoms with E-state index in [9.17, 15) is 0 Å². The van der Waals surface area contributed by atoms with Crippen molar-refractivity contribution in [1.82, 2.24) is 5.32 Å². The van der Waals surface area contributed by atoms with Gasteiger partial charge in [-0.2, -0.15) is 0 Å². The van der Waals surface area contributed by atoms with Gasteiger partial charge in [-0.05, 0) is 37.6 Å². The first-order valence-corrected chi connectivity index (χ1v) is 7.69. The van der Waals surface area contributed by atoms with Crippen LogP contribution >= 0.6 is 15.9 Å². The second-order valence-electron chi connectivity index (χ2n) is 4.70. The van der Waals surface area contributed by atoms with E-state index in [1.54, 1.807) is 0 Å². The first kappa shape index (κ1) is 15.1. The zero-order valence-corrected chi connectivity index (χ0v) is 13.5. The van der Waals surface area contributed by atoms with Crippen molar-refractivity contribution in [3.05, 3.63) is 64.1 Å². The van der Waals surface area contributed by atoms with Crippen molar-refractivity contribution in [1.29, 1.82) is 0 Å². The average Bonchev–Trinajstić information content (AvgIpc) is 2.47. The minimum Gasteiger partial charge on any atom is -0.494 e. The highest BCUT2D eigenvalue weighted by molar-refractivity contribution is 9.10. The maximum Gasteiger partial charge on any atom is 0.124 e. The predicted molar refractivity (Wildman–Crippen MR) is 87.0 cm³/mol. The van der Waals surface area contributed by atoms with Gasteiger partial charge in [0.05, 0.1) is 6.61 Å². The van der Waals surface area contributed by atoms with Crippen LogP contribution in [0.15, 0.2) is 53.0 Å². The molecule has 2 nitrogen and oxygen atoms in total. The van der Waals surface area contributed by atoms with Crippen LogP contribution in [0.3, 0.4) is 0 Å². The van der Waals surface area contributed by atoms with Crippen LogP contribution in [0, 0.1) is 0 Å². The van der Waals surface area contributed by atoms with Crippen molar-refractivity contribution in [2.24, 2.45) is 0 Å². The first-order valence-electron chi connectivity index (χ1n) is 6.90. The Morgan fingerprint density at radius 1 is 1.10 bits per heavy atom. The van der Waals surface area contributed by atoms with Crippen molar-refractivity contribution in [3.8, 4) is 5.75 Å². The fourth-order valence-corrected chi connectivity index (χ4v) is 2.37. The van der Waals surface area contributed by atoms with Gasteiger partial charge in [0.1, 0.15) is 5.75 Å². The summed E-state index contributed by atoms with van der Waals surface area (Å²) in [5, 5.41) is 3.54. The lowest BCUT2D eigenvalue weighted by Crippen LogP contribution is -2.18. The van der Waals surface area contributed by atoms with E-state index in [0.717, 1.165) is 16.8 Å². The Morgan fingerprint density at radius 3 is 2.50 bits per heavy atom. The van der Waals surface area contributed by atoms with E-state index in [2.05, 4.69) is 64.6 Å². The van der Waals surface area contributed by atoms with Gasteiger partial charge in [-0.15, -0.1) is 0 Å². The van der Waals surface area contributed by atoms with Crippen molar-refractivity contribution in [3.63, 3.8) is 0 Å². The van der Waals surface area contributed by atoms with E-state index in [0.29, 0.717) is 6.61 Å². The molecule has 2 aromatic rings. The SMILES string of the molecule is CCOc1ccccc1C(C)NCc1ccc(Br)cc1. The van der Waals surface area contributed by atoms with E-state index >= 15 is 0 Å². The zero-order chi connectivity index (χ0) is 14.4.